The first-order chi connectivity index (χ1) is 7.93. The maximum Gasteiger partial charge on any atom is 0.253 e. The molecule has 0 spiro atoms. The van der Waals surface area contributed by atoms with Gasteiger partial charge in [0.1, 0.15) is 0 Å². The minimum absolute atomic E-state index is 0.153. The van der Waals surface area contributed by atoms with E-state index in [0.29, 0.717) is 15.9 Å². The van der Waals surface area contributed by atoms with Gasteiger partial charge in [-0.05, 0) is 41.4 Å². The van der Waals surface area contributed by atoms with Crippen molar-refractivity contribution in [2.75, 3.05) is 5.33 Å². The Labute approximate surface area is 123 Å². The first-order valence-corrected chi connectivity index (χ1v) is 7.55. The van der Waals surface area contributed by atoms with E-state index in [4.69, 9.17) is 11.6 Å². The molecule has 1 aromatic carbocycles. The van der Waals surface area contributed by atoms with E-state index in [2.05, 4.69) is 37.2 Å². The Bertz CT molecular complexity index is 419. The number of halogens is 3. The van der Waals surface area contributed by atoms with E-state index in [9.17, 15) is 4.79 Å². The summed E-state index contributed by atoms with van der Waals surface area (Å²) >= 11 is 12.8. The summed E-state index contributed by atoms with van der Waals surface area (Å²) in [6.45, 7) is 4.02. The van der Waals surface area contributed by atoms with Crippen molar-refractivity contribution in [3.05, 3.63) is 33.3 Å². The molecule has 5 heteroatoms. The molecule has 0 bridgehead atoms. The van der Waals surface area contributed by atoms with Crippen LogP contribution in [0.5, 0.6) is 0 Å². The molecule has 1 N–H and O–H groups in total. The summed E-state index contributed by atoms with van der Waals surface area (Å²) in [5.74, 6) is -0.153. The Morgan fingerprint density at radius 1 is 1.53 bits per heavy atom. The van der Waals surface area contributed by atoms with E-state index in [1.54, 1.807) is 12.1 Å². The van der Waals surface area contributed by atoms with Gasteiger partial charge >= 0.3 is 0 Å². The zero-order chi connectivity index (χ0) is 13.1. The third-order valence-electron chi connectivity index (χ3n) is 2.69. The molecule has 2 nitrogen and oxygen atoms in total. The van der Waals surface area contributed by atoms with Crippen LogP contribution >= 0.6 is 43.5 Å². The highest BCUT2D eigenvalue weighted by Gasteiger charge is 2.24. The Balaban J connectivity index is 2.94. The lowest BCUT2D eigenvalue weighted by atomic mass is 10.0. The van der Waals surface area contributed by atoms with E-state index < -0.39 is 0 Å². The molecule has 0 radical (unpaired) electrons. The van der Waals surface area contributed by atoms with Gasteiger partial charge < -0.3 is 5.32 Å². The average molecular weight is 384 g/mol. The maximum atomic E-state index is 12.1. The van der Waals surface area contributed by atoms with E-state index in [0.717, 1.165) is 10.9 Å². The lowest BCUT2D eigenvalue weighted by Gasteiger charge is -2.27. The largest absolute Gasteiger partial charge is 0.346 e. The van der Waals surface area contributed by atoms with Crippen LogP contribution in [0, 0.1) is 0 Å². The van der Waals surface area contributed by atoms with Gasteiger partial charge in [-0.1, -0.05) is 40.5 Å². The lowest BCUT2D eigenvalue weighted by Crippen LogP contribution is -2.47. The molecule has 0 aromatic heterocycles. The quantitative estimate of drug-likeness (QED) is 0.768. The number of carbonyl (C=O) groups is 1. The topological polar surface area (TPSA) is 29.1 Å². The fourth-order valence-electron chi connectivity index (χ4n) is 1.24. The normalized spacial score (nSPS) is 14.2. The van der Waals surface area contributed by atoms with Gasteiger partial charge in [-0.25, -0.2) is 0 Å². The molecule has 0 fully saturated rings. The third kappa shape index (κ3) is 3.70. The van der Waals surface area contributed by atoms with Gasteiger partial charge in [0.15, 0.2) is 0 Å². The molecule has 17 heavy (non-hydrogen) atoms. The average Bonchev–Trinajstić information content (AvgIpc) is 2.32. The van der Waals surface area contributed by atoms with Crippen molar-refractivity contribution < 1.29 is 4.79 Å². The highest BCUT2D eigenvalue weighted by Crippen LogP contribution is 2.26. The van der Waals surface area contributed by atoms with Crippen LogP contribution in [0.1, 0.15) is 30.6 Å². The number of rotatable bonds is 4. The van der Waals surface area contributed by atoms with Crippen molar-refractivity contribution in [3.8, 4) is 0 Å². The van der Waals surface area contributed by atoms with Crippen molar-refractivity contribution in [2.24, 2.45) is 0 Å². The lowest BCUT2D eigenvalue weighted by molar-refractivity contribution is 0.0913. The predicted octanol–water partition coefficient (Wildman–Crippen LogP) is 4.40. The Kier molecular flexibility index (Phi) is 5.48. The molecular weight excluding hydrogens is 369 g/mol. The summed E-state index contributed by atoms with van der Waals surface area (Å²) < 4.78 is 0.726. The highest BCUT2D eigenvalue weighted by atomic mass is 79.9. The first kappa shape index (κ1) is 15.0. The van der Waals surface area contributed by atoms with Gasteiger partial charge in [0, 0.05) is 15.3 Å². The second-order valence-electron chi connectivity index (χ2n) is 4.10. The standard InChI is InChI=1S/C12H14Br2ClNO/c1-3-12(2,7-13)16-11(17)8-5-4-6-9(14)10(8)15/h4-6H,3,7H2,1-2H3,(H,16,17). The molecule has 0 heterocycles. The summed E-state index contributed by atoms with van der Waals surface area (Å²) in [6.07, 6.45) is 0.843. The van der Waals surface area contributed by atoms with Gasteiger partial charge in [-0.2, -0.15) is 0 Å². The van der Waals surface area contributed by atoms with Crippen molar-refractivity contribution >= 4 is 49.4 Å². The van der Waals surface area contributed by atoms with Gasteiger partial charge in [0.25, 0.3) is 5.91 Å². The number of benzene rings is 1. The molecule has 1 aromatic rings. The number of nitrogens with one attached hydrogen (secondary N) is 1. The van der Waals surface area contributed by atoms with Gasteiger partial charge in [-0.15, -0.1) is 0 Å². The number of alkyl halides is 1. The number of hydrogen-bond acceptors (Lipinski definition) is 1. The van der Waals surface area contributed by atoms with E-state index in [1.807, 2.05) is 19.9 Å². The minimum atomic E-state index is -0.261. The molecule has 0 aliphatic carbocycles. The summed E-state index contributed by atoms with van der Waals surface area (Å²) in [6, 6.07) is 5.32. The van der Waals surface area contributed by atoms with Crippen LogP contribution in [0.2, 0.25) is 5.02 Å². The van der Waals surface area contributed by atoms with Crippen LogP contribution in [0.25, 0.3) is 0 Å². The summed E-state index contributed by atoms with van der Waals surface area (Å²) in [4.78, 5) is 12.1. The molecule has 1 amide bonds. The second kappa shape index (κ2) is 6.21. The summed E-state index contributed by atoms with van der Waals surface area (Å²) in [7, 11) is 0. The smallest absolute Gasteiger partial charge is 0.253 e. The van der Waals surface area contributed by atoms with Crippen molar-refractivity contribution in [3.63, 3.8) is 0 Å². The van der Waals surface area contributed by atoms with Gasteiger partial charge in [-0.3, -0.25) is 4.79 Å². The molecule has 0 aliphatic heterocycles. The zero-order valence-electron chi connectivity index (χ0n) is 9.69. The van der Waals surface area contributed by atoms with Crippen LogP contribution < -0.4 is 5.32 Å². The highest BCUT2D eigenvalue weighted by molar-refractivity contribution is 9.10. The molecule has 0 aliphatic rings. The third-order valence-corrected chi connectivity index (χ3v) is 5.22. The molecule has 1 rings (SSSR count). The van der Waals surface area contributed by atoms with Gasteiger partial charge in [0.05, 0.1) is 10.6 Å². The first-order valence-electron chi connectivity index (χ1n) is 5.26. The van der Waals surface area contributed by atoms with E-state index in [1.165, 1.54) is 0 Å². The van der Waals surface area contributed by atoms with Crippen molar-refractivity contribution in [2.45, 2.75) is 25.8 Å². The van der Waals surface area contributed by atoms with Crippen LogP contribution in [0.4, 0.5) is 0 Å². The Morgan fingerprint density at radius 2 is 2.18 bits per heavy atom. The second-order valence-corrected chi connectivity index (χ2v) is 5.90. The molecule has 1 unspecified atom stereocenters. The number of hydrogen-bond donors (Lipinski definition) is 1. The van der Waals surface area contributed by atoms with Crippen molar-refractivity contribution in [1.29, 1.82) is 0 Å². The van der Waals surface area contributed by atoms with Crippen molar-refractivity contribution in [1.82, 2.24) is 5.32 Å². The fraction of sp³-hybridized carbons (Fsp3) is 0.417. The number of amides is 1. The van der Waals surface area contributed by atoms with Crippen LogP contribution in [0.3, 0.4) is 0 Å². The molecule has 94 valence electrons. The van der Waals surface area contributed by atoms with Crippen LogP contribution in [-0.2, 0) is 0 Å². The van der Waals surface area contributed by atoms with E-state index in [-0.39, 0.29) is 11.4 Å². The predicted molar refractivity (Wildman–Crippen MR) is 79.1 cm³/mol. The SMILES string of the molecule is CCC(C)(CBr)NC(=O)c1cccc(Br)c1Cl. The molecule has 0 saturated heterocycles. The Hall–Kier alpha value is -0.0600. The Morgan fingerprint density at radius 3 is 2.71 bits per heavy atom. The molecule has 0 saturated carbocycles. The maximum absolute atomic E-state index is 12.1. The molecule has 1 atom stereocenters. The summed E-state index contributed by atoms with van der Waals surface area (Å²) in [5, 5.41) is 4.13. The van der Waals surface area contributed by atoms with E-state index >= 15 is 0 Å². The molecular formula is C12H14Br2ClNO. The van der Waals surface area contributed by atoms with Crippen LogP contribution in [-0.4, -0.2) is 16.8 Å². The monoisotopic (exact) mass is 381 g/mol. The summed E-state index contributed by atoms with van der Waals surface area (Å²) in [5.41, 5.74) is 0.226. The number of carbonyl (C=O) groups excluding carboxylic acids is 1. The van der Waals surface area contributed by atoms with Gasteiger partial charge in [0.2, 0.25) is 0 Å². The minimum Gasteiger partial charge on any atom is -0.346 e. The zero-order valence-corrected chi connectivity index (χ0v) is 13.6. The fourth-order valence-corrected chi connectivity index (χ4v) is 2.35. The van der Waals surface area contributed by atoms with Crippen LogP contribution in [0.15, 0.2) is 22.7 Å².